The van der Waals surface area contributed by atoms with E-state index < -0.39 is 0 Å². The average Bonchev–Trinajstić information content (AvgIpc) is 2.34. The van der Waals surface area contributed by atoms with Gasteiger partial charge in [-0.2, -0.15) is 0 Å². The third-order valence-electron chi connectivity index (χ3n) is 0.798. The van der Waals surface area contributed by atoms with Crippen molar-refractivity contribution in [1.82, 2.24) is 10.2 Å². The molecule has 5 heteroatoms. The molecular formula is C4H7N3O2. The predicted molar refractivity (Wildman–Crippen MR) is 28.7 cm³/mol. The summed E-state index contributed by atoms with van der Waals surface area (Å²) in [5.74, 6) is 0.381. The third kappa shape index (κ3) is 1.17. The molecule has 0 fully saturated rings. The van der Waals surface area contributed by atoms with Gasteiger partial charge in [0.1, 0.15) is 0 Å². The van der Waals surface area contributed by atoms with Crippen LogP contribution in [0.4, 0.5) is 0 Å². The van der Waals surface area contributed by atoms with Crippen molar-refractivity contribution in [2.45, 2.75) is 6.54 Å². The van der Waals surface area contributed by atoms with Crippen LogP contribution in [0.25, 0.3) is 0 Å². The average molecular weight is 129 g/mol. The first-order valence-corrected chi connectivity index (χ1v) is 2.43. The van der Waals surface area contributed by atoms with E-state index in [-0.39, 0.29) is 12.6 Å². The summed E-state index contributed by atoms with van der Waals surface area (Å²) in [4.78, 5) is 0. The second-order valence-electron chi connectivity index (χ2n) is 1.37. The molecule has 50 valence electrons. The van der Waals surface area contributed by atoms with Crippen LogP contribution in [0.2, 0.25) is 0 Å². The van der Waals surface area contributed by atoms with E-state index in [1.54, 1.807) is 0 Å². The molecule has 0 atom stereocenters. The van der Waals surface area contributed by atoms with E-state index in [2.05, 4.69) is 14.9 Å². The van der Waals surface area contributed by atoms with E-state index in [0.717, 1.165) is 0 Å². The number of nitrogens with zero attached hydrogens (tertiary/aromatic N) is 2. The van der Waals surface area contributed by atoms with Crippen molar-refractivity contribution in [1.29, 1.82) is 0 Å². The Kier molecular flexibility index (Phi) is 1.64. The first kappa shape index (κ1) is 6.03. The first-order valence-electron chi connectivity index (χ1n) is 2.43. The Morgan fingerprint density at radius 3 is 2.78 bits per heavy atom. The van der Waals surface area contributed by atoms with Crippen molar-refractivity contribution in [3.8, 4) is 6.08 Å². The summed E-state index contributed by atoms with van der Waals surface area (Å²) in [6.45, 7) is 0.246. The van der Waals surface area contributed by atoms with Gasteiger partial charge in [0.15, 0.2) is 0 Å². The Balaban J connectivity index is 2.74. The lowest BCUT2D eigenvalue weighted by atomic mass is 10.7. The molecule has 9 heavy (non-hydrogen) atoms. The van der Waals surface area contributed by atoms with Crippen molar-refractivity contribution in [2.24, 2.45) is 5.73 Å². The molecule has 0 saturated carbocycles. The fourth-order valence-corrected chi connectivity index (χ4v) is 0.403. The quantitative estimate of drug-likeness (QED) is 0.584. The van der Waals surface area contributed by atoms with E-state index in [4.69, 9.17) is 10.2 Å². The molecular weight excluding hydrogens is 122 g/mol. The summed E-state index contributed by atoms with van der Waals surface area (Å²) in [5.41, 5.74) is 5.17. The Morgan fingerprint density at radius 1 is 1.67 bits per heavy atom. The summed E-state index contributed by atoms with van der Waals surface area (Å²) in [6, 6.07) is 0. The van der Waals surface area contributed by atoms with Gasteiger partial charge in [-0.15, -0.1) is 5.10 Å². The van der Waals surface area contributed by atoms with Crippen molar-refractivity contribution >= 4 is 0 Å². The second kappa shape index (κ2) is 2.45. The first-order chi connectivity index (χ1) is 4.36. The van der Waals surface area contributed by atoms with Crippen molar-refractivity contribution in [3.63, 3.8) is 0 Å². The third-order valence-corrected chi connectivity index (χ3v) is 0.798. The van der Waals surface area contributed by atoms with Crippen LogP contribution in [0.5, 0.6) is 6.08 Å². The Morgan fingerprint density at radius 2 is 2.44 bits per heavy atom. The highest BCUT2D eigenvalue weighted by atomic mass is 16.6. The van der Waals surface area contributed by atoms with Crippen LogP contribution >= 0.6 is 0 Å². The molecule has 0 aliphatic rings. The fraction of sp³-hybridized carbons (Fsp3) is 0.500. The molecule has 0 radical (unpaired) electrons. The molecule has 1 rings (SSSR count). The molecule has 5 nitrogen and oxygen atoms in total. The normalized spacial score (nSPS) is 9.56. The zero-order chi connectivity index (χ0) is 6.69. The number of ether oxygens (including phenoxy) is 1. The van der Waals surface area contributed by atoms with Gasteiger partial charge >= 0.3 is 6.08 Å². The number of hydrogen-bond acceptors (Lipinski definition) is 5. The molecule has 0 saturated heterocycles. The monoisotopic (exact) mass is 129 g/mol. The van der Waals surface area contributed by atoms with Crippen molar-refractivity contribution in [3.05, 3.63) is 5.89 Å². The smallest absolute Gasteiger partial charge is 0.414 e. The largest absolute Gasteiger partial charge is 0.452 e. The number of hydrogen-bond donors (Lipinski definition) is 1. The molecule has 0 aromatic carbocycles. The van der Waals surface area contributed by atoms with E-state index in [1.165, 1.54) is 7.11 Å². The number of nitrogens with two attached hydrogens (primary N) is 1. The summed E-state index contributed by atoms with van der Waals surface area (Å²) in [7, 11) is 1.45. The van der Waals surface area contributed by atoms with Crippen LogP contribution in [-0.2, 0) is 6.54 Å². The summed E-state index contributed by atoms with van der Waals surface area (Å²) >= 11 is 0. The molecule has 0 unspecified atom stereocenters. The topological polar surface area (TPSA) is 74.2 Å². The highest BCUT2D eigenvalue weighted by molar-refractivity contribution is 4.83. The van der Waals surface area contributed by atoms with Gasteiger partial charge in [0.2, 0.25) is 5.89 Å². The lowest BCUT2D eigenvalue weighted by molar-refractivity contribution is 0.281. The minimum Gasteiger partial charge on any atom is -0.452 e. The Hall–Kier alpha value is -1.10. The van der Waals surface area contributed by atoms with Gasteiger partial charge < -0.3 is 14.9 Å². The number of aromatic nitrogens is 2. The molecule has 1 heterocycles. The maximum Gasteiger partial charge on any atom is 0.414 e. The van der Waals surface area contributed by atoms with Gasteiger partial charge in [-0.25, -0.2) is 0 Å². The predicted octanol–water partition coefficient (Wildman–Crippen LogP) is -0.463. The SMILES string of the molecule is COc1nnc(CN)o1. The van der Waals surface area contributed by atoms with E-state index in [0.29, 0.717) is 5.89 Å². The summed E-state index contributed by atoms with van der Waals surface area (Å²) < 4.78 is 9.41. The van der Waals surface area contributed by atoms with Crippen LogP contribution in [0, 0.1) is 0 Å². The minimum absolute atomic E-state index is 0.149. The van der Waals surface area contributed by atoms with Gasteiger partial charge in [-0.05, 0) is 0 Å². The molecule has 0 spiro atoms. The summed E-state index contributed by atoms with van der Waals surface area (Å²) in [5, 5.41) is 7.03. The fourth-order valence-electron chi connectivity index (χ4n) is 0.403. The highest BCUT2D eigenvalue weighted by Gasteiger charge is 2.00. The Labute approximate surface area is 51.8 Å². The Bertz CT molecular complexity index is 167. The molecule has 1 aromatic rings. The lowest BCUT2D eigenvalue weighted by Gasteiger charge is -1.84. The van der Waals surface area contributed by atoms with E-state index in [9.17, 15) is 0 Å². The molecule has 0 bridgehead atoms. The zero-order valence-electron chi connectivity index (χ0n) is 5.00. The molecule has 0 aliphatic carbocycles. The standard InChI is InChI=1S/C4H7N3O2/c1-8-4-7-6-3(2-5)9-4/h2,5H2,1H3. The van der Waals surface area contributed by atoms with Gasteiger partial charge in [0, 0.05) is 0 Å². The van der Waals surface area contributed by atoms with Gasteiger partial charge in [-0.3, -0.25) is 0 Å². The molecule has 2 N–H and O–H groups in total. The van der Waals surface area contributed by atoms with Crippen LogP contribution in [0.1, 0.15) is 5.89 Å². The molecule has 0 amide bonds. The van der Waals surface area contributed by atoms with Crippen molar-refractivity contribution < 1.29 is 9.15 Å². The zero-order valence-corrected chi connectivity index (χ0v) is 5.00. The van der Waals surface area contributed by atoms with Gasteiger partial charge in [0.05, 0.1) is 13.7 Å². The van der Waals surface area contributed by atoms with Crippen LogP contribution in [-0.4, -0.2) is 17.3 Å². The maximum atomic E-state index is 5.17. The molecule has 0 aliphatic heterocycles. The minimum atomic E-state index is 0.149. The van der Waals surface area contributed by atoms with Crippen LogP contribution < -0.4 is 10.5 Å². The number of rotatable bonds is 2. The van der Waals surface area contributed by atoms with Crippen LogP contribution in [0.15, 0.2) is 4.42 Å². The second-order valence-corrected chi connectivity index (χ2v) is 1.37. The van der Waals surface area contributed by atoms with Gasteiger partial charge in [-0.1, -0.05) is 5.10 Å². The molecule has 1 aromatic heterocycles. The summed E-state index contributed by atoms with van der Waals surface area (Å²) in [6.07, 6.45) is 0.149. The van der Waals surface area contributed by atoms with E-state index >= 15 is 0 Å². The highest BCUT2D eigenvalue weighted by Crippen LogP contribution is 2.04. The van der Waals surface area contributed by atoms with Crippen molar-refractivity contribution in [2.75, 3.05) is 7.11 Å². The van der Waals surface area contributed by atoms with Crippen LogP contribution in [0.3, 0.4) is 0 Å². The number of methoxy groups -OCH3 is 1. The maximum absolute atomic E-state index is 5.17. The lowest BCUT2D eigenvalue weighted by Crippen LogP contribution is -1.95. The van der Waals surface area contributed by atoms with Gasteiger partial charge in [0.25, 0.3) is 0 Å². The van der Waals surface area contributed by atoms with E-state index in [1.807, 2.05) is 0 Å².